The minimum absolute atomic E-state index is 0.433. The molecule has 6 unspecified atom stereocenters. The fourth-order valence-corrected chi connectivity index (χ4v) is 9.85. The Morgan fingerprint density at radius 1 is 1.20 bits per heavy atom. The third-order valence-corrected chi connectivity index (χ3v) is 13.8. The van der Waals surface area contributed by atoms with Crippen molar-refractivity contribution in [2.45, 2.75) is 116 Å². The van der Waals surface area contributed by atoms with Crippen molar-refractivity contribution in [1.29, 1.82) is 0 Å². The smallest absolute Gasteiger partial charge is 0.192 e. The molecule has 1 aromatic heterocycles. The summed E-state index contributed by atoms with van der Waals surface area (Å²) in [5, 5.41) is 10.3. The fraction of sp³-hybridized carbons (Fsp3) is 0.880. The predicted octanol–water partition coefficient (Wildman–Crippen LogP) is 7.12. The Labute approximate surface area is 185 Å². The van der Waals surface area contributed by atoms with Crippen molar-refractivity contribution in [3.63, 3.8) is 0 Å². The first kappa shape index (κ1) is 24.0. The largest absolute Gasteiger partial charge is 0.451 e. The van der Waals surface area contributed by atoms with Crippen molar-refractivity contribution in [2.24, 2.45) is 23.2 Å². The average Bonchev–Trinajstić information content (AvgIpc) is 3.40. The number of rotatable bonds is 11. The Morgan fingerprint density at radius 3 is 2.57 bits per heavy atom. The summed E-state index contributed by atoms with van der Waals surface area (Å²) in [6.07, 6.45) is 12.6. The standard InChI is InChI=1S/C25H45NO3Si/c1-6-30(7-2,8-3)29-24-13-10-16-25(5)20(14-15-21(24)25)19(4)11-9-12-23(27)22-17-28-18-26-22/h17-21,23-24,27H,6-16H2,1-5H3. The van der Waals surface area contributed by atoms with Gasteiger partial charge in [0.1, 0.15) is 12.0 Å². The van der Waals surface area contributed by atoms with Gasteiger partial charge in [-0.15, -0.1) is 0 Å². The van der Waals surface area contributed by atoms with Crippen molar-refractivity contribution >= 4 is 8.32 Å². The molecular weight excluding hydrogens is 390 g/mol. The topological polar surface area (TPSA) is 55.5 Å². The van der Waals surface area contributed by atoms with E-state index in [4.69, 9.17) is 8.84 Å². The second kappa shape index (κ2) is 10.3. The van der Waals surface area contributed by atoms with Gasteiger partial charge in [0.15, 0.2) is 14.7 Å². The molecule has 0 aromatic carbocycles. The summed E-state index contributed by atoms with van der Waals surface area (Å²) in [5.41, 5.74) is 1.10. The molecule has 0 spiro atoms. The molecule has 1 aromatic rings. The molecule has 4 nitrogen and oxygen atoms in total. The van der Waals surface area contributed by atoms with Crippen molar-refractivity contribution in [1.82, 2.24) is 4.98 Å². The molecule has 0 radical (unpaired) electrons. The van der Waals surface area contributed by atoms with Gasteiger partial charge >= 0.3 is 0 Å². The summed E-state index contributed by atoms with van der Waals surface area (Å²) in [6.45, 7) is 12.1. The van der Waals surface area contributed by atoms with Crippen LogP contribution in [0.1, 0.15) is 97.8 Å². The minimum atomic E-state index is -1.55. The summed E-state index contributed by atoms with van der Waals surface area (Å²) < 4.78 is 12.1. The van der Waals surface area contributed by atoms with Gasteiger partial charge in [-0.2, -0.15) is 0 Å². The molecule has 172 valence electrons. The average molecular weight is 436 g/mol. The third kappa shape index (κ3) is 4.88. The van der Waals surface area contributed by atoms with Gasteiger partial charge in [0, 0.05) is 6.10 Å². The van der Waals surface area contributed by atoms with Crippen molar-refractivity contribution in [2.75, 3.05) is 0 Å². The quantitative estimate of drug-likeness (QED) is 0.376. The van der Waals surface area contributed by atoms with Crippen molar-refractivity contribution in [3.8, 4) is 0 Å². The van der Waals surface area contributed by atoms with E-state index in [2.05, 4.69) is 39.6 Å². The van der Waals surface area contributed by atoms with Crippen LogP contribution >= 0.6 is 0 Å². The number of fused-ring (bicyclic) bond motifs is 1. The number of aliphatic hydroxyl groups is 1. The molecule has 2 fully saturated rings. The van der Waals surface area contributed by atoms with E-state index >= 15 is 0 Å². The van der Waals surface area contributed by atoms with Crippen LogP contribution in [0.25, 0.3) is 0 Å². The predicted molar refractivity (Wildman–Crippen MR) is 125 cm³/mol. The SMILES string of the molecule is CC[Si](CC)(CC)OC1CCCC2(C)C(C(C)CCCC(O)c3cocn3)CCC12. The van der Waals surface area contributed by atoms with Gasteiger partial charge in [-0.25, -0.2) is 4.98 Å². The highest BCUT2D eigenvalue weighted by Gasteiger charge is 2.53. The molecule has 2 saturated carbocycles. The van der Waals surface area contributed by atoms with E-state index in [-0.39, 0.29) is 0 Å². The number of oxazole rings is 1. The van der Waals surface area contributed by atoms with E-state index in [1.54, 1.807) is 6.26 Å². The lowest BCUT2D eigenvalue weighted by Gasteiger charge is -2.49. The zero-order valence-corrected chi connectivity index (χ0v) is 21.0. The maximum Gasteiger partial charge on any atom is 0.192 e. The van der Waals surface area contributed by atoms with Crippen LogP contribution in [0.3, 0.4) is 0 Å². The Morgan fingerprint density at radius 2 is 1.93 bits per heavy atom. The summed E-state index contributed by atoms with van der Waals surface area (Å²) in [7, 11) is -1.55. The van der Waals surface area contributed by atoms with Crippen molar-refractivity contribution < 1.29 is 13.9 Å². The summed E-state index contributed by atoms with van der Waals surface area (Å²) in [5.74, 6) is 2.24. The molecule has 0 saturated heterocycles. The number of hydrogen-bond acceptors (Lipinski definition) is 4. The highest BCUT2D eigenvalue weighted by Crippen LogP contribution is 2.59. The lowest BCUT2D eigenvalue weighted by Crippen LogP contribution is -2.48. The highest BCUT2D eigenvalue weighted by molar-refractivity contribution is 6.73. The second-order valence-corrected chi connectivity index (χ2v) is 15.1. The number of nitrogens with zero attached hydrogens (tertiary/aromatic N) is 1. The molecule has 3 rings (SSSR count). The molecule has 5 heteroatoms. The van der Waals surface area contributed by atoms with Crippen molar-refractivity contribution in [3.05, 3.63) is 18.4 Å². The number of aliphatic hydroxyl groups excluding tert-OH is 1. The van der Waals surface area contributed by atoms with Crippen LogP contribution < -0.4 is 0 Å². The lowest BCUT2D eigenvalue weighted by molar-refractivity contribution is -0.0206. The van der Waals surface area contributed by atoms with Crippen LogP contribution in [0.15, 0.2) is 17.1 Å². The summed E-state index contributed by atoms with van der Waals surface area (Å²) in [4.78, 5) is 4.09. The van der Waals surface area contributed by atoms with E-state index < -0.39 is 14.4 Å². The Balaban J connectivity index is 1.58. The molecular formula is C25H45NO3Si. The normalized spacial score (nSPS) is 31.5. The maximum absolute atomic E-state index is 10.3. The molecule has 30 heavy (non-hydrogen) atoms. The maximum atomic E-state index is 10.3. The Bertz CT molecular complexity index is 624. The van der Waals surface area contributed by atoms with Gasteiger partial charge in [0.2, 0.25) is 0 Å². The van der Waals surface area contributed by atoms with Gasteiger partial charge < -0.3 is 13.9 Å². The zero-order valence-electron chi connectivity index (χ0n) is 20.0. The summed E-state index contributed by atoms with van der Waals surface area (Å²) >= 11 is 0. The van der Waals surface area contributed by atoms with Crippen LogP contribution in [-0.4, -0.2) is 24.5 Å². The van der Waals surface area contributed by atoms with Crippen LogP contribution in [0.2, 0.25) is 18.1 Å². The van der Waals surface area contributed by atoms with Gasteiger partial charge in [0.25, 0.3) is 0 Å². The zero-order chi connectivity index (χ0) is 21.8. The van der Waals surface area contributed by atoms with E-state index in [0.29, 0.717) is 23.1 Å². The van der Waals surface area contributed by atoms with Crippen LogP contribution in [0.4, 0.5) is 0 Å². The van der Waals surface area contributed by atoms with Gasteiger partial charge in [-0.3, -0.25) is 0 Å². The fourth-order valence-electron chi connectivity index (χ4n) is 6.93. The minimum Gasteiger partial charge on any atom is -0.451 e. The first-order chi connectivity index (χ1) is 14.4. The van der Waals surface area contributed by atoms with Gasteiger partial charge in [-0.05, 0) is 73.4 Å². The Kier molecular flexibility index (Phi) is 8.25. The molecule has 0 amide bonds. The van der Waals surface area contributed by atoms with E-state index in [1.807, 2.05) is 0 Å². The molecule has 1 N–H and O–H groups in total. The molecule has 1 heterocycles. The van der Waals surface area contributed by atoms with E-state index in [1.165, 1.54) is 63.1 Å². The van der Waals surface area contributed by atoms with Crippen LogP contribution in [0, 0.1) is 23.2 Å². The second-order valence-electron chi connectivity index (χ2n) is 10.4. The van der Waals surface area contributed by atoms with E-state index in [0.717, 1.165) is 24.7 Å². The molecule has 6 atom stereocenters. The molecule has 0 bridgehead atoms. The third-order valence-electron chi connectivity index (χ3n) is 9.09. The summed E-state index contributed by atoms with van der Waals surface area (Å²) in [6, 6.07) is 3.77. The number of hydrogen-bond donors (Lipinski definition) is 1. The lowest BCUT2D eigenvalue weighted by atomic mass is 9.61. The molecule has 0 aliphatic heterocycles. The van der Waals surface area contributed by atoms with E-state index in [9.17, 15) is 5.11 Å². The highest BCUT2D eigenvalue weighted by atomic mass is 28.4. The first-order valence-corrected chi connectivity index (χ1v) is 15.2. The Hall–Kier alpha value is -0.653. The molecule has 2 aliphatic carbocycles. The monoisotopic (exact) mass is 435 g/mol. The van der Waals surface area contributed by atoms with Gasteiger partial charge in [-0.1, -0.05) is 53.9 Å². The first-order valence-electron chi connectivity index (χ1n) is 12.6. The van der Waals surface area contributed by atoms with Gasteiger partial charge in [0.05, 0.1) is 6.10 Å². The van der Waals surface area contributed by atoms with Crippen LogP contribution in [0.5, 0.6) is 0 Å². The number of aromatic nitrogens is 1. The van der Waals surface area contributed by atoms with Crippen LogP contribution in [-0.2, 0) is 4.43 Å². The molecule has 2 aliphatic rings.